The van der Waals surface area contributed by atoms with E-state index in [1.807, 2.05) is 0 Å². The van der Waals surface area contributed by atoms with Gasteiger partial charge >= 0.3 is 12.4 Å². The van der Waals surface area contributed by atoms with E-state index in [1.54, 1.807) is 24.3 Å². The molecule has 20 heavy (non-hydrogen) atoms. The second-order valence-corrected chi connectivity index (χ2v) is 4.51. The molecule has 6 heteroatoms. The largest absolute Gasteiger partial charge is 0.416 e. The van der Waals surface area contributed by atoms with Gasteiger partial charge in [0.1, 0.15) is 0 Å². The van der Waals surface area contributed by atoms with E-state index < -0.39 is 23.5 Å². The van der Waals surface area contributed by atoms with Crippen LogP contribution in [-0.4, -0.2) is 0 Å². The van der Waals surface area contributed by atoms with Gasteiger partial charge in [-0.05, 0) is 30.0 Å². The number of alkyl halides is 6. The maximum atomic E-state index is 12.9. The Hall–Kier alpha value is -1.72. The second kappa shape index (κ2) is 5.00. The molecule has 1 aromatic rings. The molecule has 0 atom stereocenters. The molecule has 0 aliphatic heterocycles. The average molecular weight is 292 g/mol. The Morgan fingerprint density at radius 3 is 1.95 bits per heavy atom. The van der Waals surface area contributed by atoms with Crippen molar-refractivity contribution >= 4 is 0 Å². The minimum atomic E-state index is -4.80. The second-order valence-electron chi connectivity index (χ2n) is 4.51. The highest BCUT2D eigenvalue weighted by atomic mass is 19.4. The van der Waals surface area contributed by atoms with Crippen LogP contribution in [0.25, 0.3) is 0 Å². The van der Waals surface area contributed by atoms with E-state index in [9.17, 15) is 26.3 Å². The summed E-state index contributed by atoms with van der Waals surface area (Å²) >= 11 is 0. The maximum Gasteiger partial charge on any atom is 0.416 e. The molecule has 0 bridgehead atoms. The molecule has 0 spiro atoms. The Balaban J connectivity index is 2.40. The van der Waals surface area contributed by atoms with Crippen molar-refractivity contribution in [3.05, 3.63) is 59.2 Å². The minimum Gasteiger partial charge on any atom is -0.166 e. The SMILES string of the molecule is FC(F)(F)c1ccc(CC2C=CC=C2)c(C(F)(F)F)c1. The molecule has 0 saturated heterocycles. The average Bonchev–Trinajstić information content (AvgIpc) is 2.79. The summed E-state index contributed by atoms with van der Waals surface area (Å²) in [6, 6.07) is 1.77. The molecule has 0 radical (unpaired) electrons. The van der Waals surface area contributed by atoms with Crippen LogP contribution in [-0.2, 0) is 18.8 Å². The van der Waals surface area contributed by atoms with Crippen molar-refractivity contribution in [3.8, 4) is 0 Å². The monoisotopic (exact) mass is 292 g/mol. The third-order valence-electron chi connectivity index (χ3n) is 3.03. The van der Waals surface area contributed by atoms with Crippen LogP contribution in [0.5, 0.6) is 0 Å². The molecule has 2 rings (SSSR count). The topological polar surface area (TPSA) is 0 Å². The van der Waals surface area contributed by atoms with E-state index >= 15 is 0 Å². The summed E-state index contributed by atoms with van der Waals surface area (Å²) in [5.74, 6) is -0.215. The number of hydrogen-bond acceptors (Lipinski definition) is 0. The fraction of sp³-hybridized carbons (Fsp3) is 0.286. The van der Waals surface area contributed by atoms with E-state index in [0.717, 1.165) is 6.07 Å². The first-order chi connectivity index (χ1) is 9.18. The Labute approximate surface area is 111 Å². The van der Waals surface area contributed by atoms with Gasteiger partial charge in [-0.25, -0.2) is 0 Å². The summed E-state index contributed by atoms with van der Waals surface area (Å²) in [7, 11) is 0. The van der Waals surface area contributed by atoms with Crippen molar-refractivity contribution in [1.82, 2.24) is 0 Å². The molecule has 0 unspecified atom stereocenters. The highest BCUT2D eigenvalue weighted by molar-refractivity contribution is 5.37. The van der Waals surface area contributed by atoms with Crippen LogP contribution in [0.4, 0.5) is 26.3 Å². The van der Waals surface area contributed by atoms with Gasteiger partial charge < -0.3 is 0 Å². The molecule has 0 saturated carbocycles. The molecule has 0 heterocycles. The van der Waals surface area contributed by atoms with E-state index in [1.165, 1.54) is 0 Å². The summed E-state index contributed by atoms with van der Waals surface area (Å²) in [5, 5.41) is 0. The van der Waals surface area contributed by atoms with Crippen LogP contribution in [0.15, 0.2) is 42.5 Å². The molecule has 0 aromatic heterocycles. The Morgan fingerprint density at radius 1 is 0.850 bits per heavy atom. The van der Waals surface area contributed by atoms with Crippen LogP contribution in [0.2, 0.25) is 0 Å². The Morgan fingerprint density at radius 2 is 1.45 bits per heavy atom. The summed E-state index contributed by atoms with van der Waals surface area (Å²) in [6.07, 6.45) is -2.76. The van der Waals surface area contributed by atoms with Crippen molar-refractivity contribution in [2.75, 3.05) is 0 Å². The zero-order chi connectivity index (χ0) is 15.0. The van der Waals surface area contributed by atoms with Crippen molar-refractivity contribution in [2.24, 2.45) is 5.92 Å². The third-order valence-corrected chi connectivity index (χ3v) is 3.03. The number of benzene rings is 1. The van der Waals surface area contributed by atoms with Gasteiger partial charge in [-0.2, -0.15) is 26.3 Å². The van der Waals surface area contributed by atoms with Crippen molar-refractivity contribution < 1.29 is 26.3 Å². The van der Waals surface area contributed by atoms with Crippen molar-refractivity contribution in [2.45, 2.75) is 18.8 Å². The Kier molecular flexibility index (Phi) is 3.67. The van der Waals surface area contributed by atoms with Gasteiger partial charge in [0.2, 0.25) is 0 Å². The molecule has 1 aliphatic rings. The predicted octanol–water partition coefficient (Wildman–Crippen LogP) is 5.01. The lowest BCUT2D eigenvalue weighted by atomic mass is 9.94. The van der Waals surface area contributed by atoms with Gasteiger partial charge in [-0.1, -0.05) is 30.4 Å². The molecule has 0 fully saturated rings. The van der Waals surface area contributed by atoms with Gasteiger partial charge in [-0.3, -0.25) is 0 Å². The number of halogens is 6. The predicted molar refractivity (Wildman–Crippen MR) is 61.9 cm³/mol. The van der Waals surface area contributed by atoms with Gasteiger partial charge in [0.15, 0.2) is 0 Å². The smallest absolute Gasteiger partial charge is 0.166 e. The van der Waals surface area contributed by atoms with Crippen molar-refractivity contribution in [1.29, 1.82) is 0 Å². The molecular formula is C14H10F6. The van der Waals surface area contributed by atoms with E-state index in [2.05, 4.69) is 0 Å². The van der Waals surface area contributed by atoms with Crippen LogP contribution >= 0.6 is 0 Å². The first kappa shape index (κ1) is 14.7. The highest BCUT2D eigenvalue weighted by Crippen LogP contribution is 2.38. The Bertz CT molecular complexity index is 536. The van der Waals surface area contributed by atoms with Crippen LogP contribution < -0.4 is 0 Å². The van der Waals surface area contributed by atoms with Crippen LogP contribution in [0.3, 0.4) is 0 Å². The molecule has 0 amide bonds. The highest BCUT2D eigenvalue weighted by Gasteiger charge is 2.38. The summed E-state index contributed by atoms with van der Waals surface area (Å²) < 4.78 is 76.2. The molecule has 1 aliphatic carbocycles. The molecular weight excluding hydrogens is 282 g/mol. The lowest BCUT2D eigenvalue weighted by molar-refractivity contribution is -0.143. The minimum absolute atomic E-state index is 0.0278. The summed E-state index contributed by atoms with van der Waals surface area (Å²) in [6.45, 7) is 0. The number of allylic oxidation sites excluding steroid dienone is 4. The lowest BCUT2D eigenvalue weighted by Gasteiger charge is -2.17. The first-order valence-electron chi connectivity index (χ1n) is 5.80. The number of rotatable bonds is 2. The van der Waals surface area contributed by atoms with Crippen molar-refractivity contribution in [3.63, 3.8) is 0 Å². The quantitative estimate of drug-likeness (QED) is 0.672. The molecule has 1 aromatic carbocycles. The molecule has 0 N–H and O–H groups in total. The number of hydrogen-bond donors (Lipinski definition) is 0. The fourth-order valence-electron chi connectivity index (χ4n) is 2.06. The molecule has 0 nitrogen and oxygen atoms in total. The third kappa shape index (κ3) is 3.23. The lowest BCUT2D eigenvalue weighted by Crippen LogP contribution is -2.14. The fourth-order valence-corrected chi connectivity index (χ4v) is 2.06. The van der Waals surface area contributed by atoms with E-state index in [0.29, 0.717) is 6.07 Å². The van der Waals surface area contributed by atoms with E-state index in [4.69, 9.17) is 0 Å². The van der Waals surface area contributed by atoms with Crippen LogP contribution in [0, 0.1) is 5.92 Å². The summed E-state index contributed by atoms with van der Waals surface area (Å²) in [5.41, 5.74) is -2.64. The van der Waals surface area contributed by atoms with Gasteiger partial charge in [0, 0.05) is 0 Å². The van der Waals surface area contributed by atoms with Gasteiger partial charge in [-0.15, -0.1) is 0 Å². The van der Waals surface area contributed by atoms with Gasteiger partial charge in [0.05, 0.1) is 11.1 Å². The molecule has 108 valence electrons. The zero-order valence-corrected chi connectivity index (χ0v) is 10.1. The maximum absolute atomic E-state index is 12.9. The van der Waals surface area contributed by atoms with Gasteiger partial charge in [0.25, 0.3) is 0 Å². The summed E-state index contributed by atoms with van der Waals surface area (Å²) in [4.78, 5) is 0. The van der Waals surface area contributed by atoms with E-state index in [-0.39, 0.29) is 24.0 Å². The van der Waals surface area contributed by atoms with Crippen LogP contribution in [0.1, 0.15) is 16.7 Å². The normalized spacial score (nSPS) is 16.1. The first-order valence-corrected chi connectivity index (χ1v) is 5.80. The standard InChI is InChI=1S/C14H10F6/c15-13(16,17)11-6-5-10(7-9-3-1-2-4-9)12(8-11)14(18,19)20/h1-6,8-9H,7H2. The zero-order valence-electron chi connectivity index (χ0n) is 10.1.